The largest absolute Gasteiger partial charge is 0.310 e. The average Bonchev–Trinajstić information content (AvgIpc) is 2.75. The molecule has 3 nitrogen and oxygen atoms in total. The van der Waals surface area contributed by atoms with Gasteiger partial charge in [-0.15, -0.1) is 0 Å². The molecule has 0 aliphatic carbocycles. The summed E-state index contributed by atoms with van der Waals surface area (Å²) in [4.78, 5) is 0. The lowest BCUT2D eigenvalue weighted by atomic mass is 10.0. The molecule has 1 atom stereocenters. The Balaban J connectivity index is 2.20. The van der Waals surface area contributed by atoms with Gasteiger partial charge in [0.2, 0.25) is 0 Å². The Morgan fingerprint density at radius 1 is 1.39 bits per heavy atom. The maximum atomic E-state index is 6.27. The first-order valence-corrected chi connectivity index (χ1v) is 6.54. The lowest BCUT2D eigenvalue weighted by Gasteiger charge is -2.18. The molecule has 0 saturated heterocycles. The second-order valence-corrected chi connectivity index (χ2v) is 4.77. The summed E-state index contributed by atoms with van der Waals surface area (Å²) in [6, 6.07) is 8.22. The lowest BCUT2D eigenvalue weighted by molar-refractivity contribution is 0.550. The van der Waals surface area contributed by atoms with Crippen molar-refractivity contribution >= 4 is 11.6 Å². The molecule has 1 N–H and O–H groups in total. The average molecular weight is 264 g/mol. The number of aromatic nitrogens is 2. The Morgan fingerprint density at radius 2 is 2.17 bits per heavy atom. The maximum Gasteiger partial charge on any atom is 0.0522 e. The topological polar surface area (TPSA) is 29.9 Å². The molecule has 0 fully saturated rings. The van der Waals surface area contributed by atoms with E-state index in [2.05, 4.69) is 23.4 Å². The van der Waals surface area contributed by atoms with Crippen LogP contribution >= 0.6 is 11.6 Å². The number of nitrogens with one attached hydrogen (secondary N) is 1. The number of hydrogen-bond acceptors (Lipinski definition) is 2. The molecule has 1 unspecified atom stereocenters. The predicted octanol–water partition coefficient (Wildman–Crippen LogP) is 2.97. The van der Waals surface area contributed by atoms with E-state index in [1.165, 1.54) is 5.56 Å². The van der Waals surface area contributed by atoms with Crippen molar-refractivity contribution in [3.05, 3.63) is 52.8 Å². The van der Waals surface area contributed by atoms with Gasteiger partial charge >= 0.3 is 0 Å². The maximum absolute atomic E-state index is 6.27. The van der Waals surface area contributed by atoms with Gasteiger partial charge in [0.15, 0.2) is 0 Å². The number of rotatable bonds is 5. The molecule has 0 aliphatic rings. The Labute approximate surface area is 113 Å². The molecule has 2 rings (SSSR count). The van der Waals surface area contributed by atoms with E-state index in [-0.39, 0.29) is 6.04 Å². The van der Waals surface area contributed by atoms with Crippen LogP contribution in [-0.2, 0) is 13.5 Å². The molecule has 1 heterocycles. The van der Waals surface area contributed by atoms with Gasteiger partial charge in [-0.25, -0.2) is 0 Å². The van der Waals surface area contributed by atoms with E-state index < -0.39 is 0 Å². The summed E-state index contributed by atoms with van der Waals surface area (Å²) in [5, 5.41) is 8.49. The van der Waals surface area contributed by atoms with E-state index in [0.717, 1.165) is 23.6 Å². The zero-order chi connectivity index (χ0) is 13.0. The summed E-state index contributed by atoms with van der Waals surface area (Å²) in [5.74, 6) is 0. The smallest absolute Gasteiger partial charge is 0.0522 e. The standard InChI is InChI=1S/C14H18ClN3/c1-3-16-14(8-11-9-17-18(2)10-11)12-6-4-5-7-13(12)15/h4-7,9-10,14,16H,3,8H2,1-2H3. The van der Waals surface area contributed by atoms with E-state index >= 15 is 0 Å². The van der Waals surface area contributed by atoms with Crippen LogP contribution in [0.15, 0.2) is 36.7 Å². The van der Waals surface area contributed by atoms with Gasteiger partial charge in [-0.1, -0.05) is 36.7 Å². The Kier molecular flexibility index (Phi) is 4.39. The highest BCUT2D eigenvalue weighted by Gasteiger charge is 2.14. The fourth-order valence-electron chi connectivity index (χ4n) is 2.11. The first-order chi connectivity index (χ1) is 8.70. The van der Waals surface area contributed by atoms with Crippen LogP contribution in [0.5, 0.6) is 0 Å². The van der Waals surface area contributed by atoms with Gasteiger partial charge in [-0.05, 0) is 30.2 Å². The molecular weight excluding hydrogens is 246 g/mol. The number of hydrogen-bond donors (Lipinski definition) is 1. The summed E-state index contributed by atoms with van der Waals surface area (Å²) in [6.07, 6.45) is 4.84. The van der Waals surface area contributed by atoms with Gasteiger partial charge in [0.05, 0.1) is 6.20 Å². The molecular formula is C14H18ClN3. The zero-order valence-corrected chi connectivity index (χ0v) is 11.5. The van der Waals surface area contributed by atoms with E-state index in [0.29, 0.717) is 0 Å². The van der Waals surface area contributed by atoms with Crippen molar-refractivity contribution in [2.24, 2.45) is 7.05 Å². The number of nitrogens with zero attached hydrogens (tertiary/aromatic N) is 2. The second kappa shape index (κ2) is 6.03. The Hall–Kier alpha value is -1.32. The predicted molar refractivity (Wildman–Crippen MR) is 74.8 cm³/mol. The molecule has 0 spiro atoms. The molecule has 18 heavy (non-hydrogen) atoms. The van der Waals surface area contributed by atoms with Crippen LogP contribution < -0.4 is 5.32 Å². The van der Waals surface area contributed by atoms with Crippen LogP contribution in [0.1, 0.15) is 24.1 Å². The normalized spacial score (nSPS) is 12.6. The molecule has 0 saturated carbocycles. The van der Waals surface area contributed by atoms with Crippen LogP contribution in [0, 0.1) is 0 Å². The highest BCUT2D eigenvalue weighted by molar-refractivity contribution is 6.31. The number of likely N-dealkylation sites (N-methyl/N-ethyl adjacent to an activating group) is 1. The Morgan fingerprint density at radius 3 is 2.78 bits per heavy atom. The van der Waals surface area contributed by atoms with Gasteiger partial charge < -0.3 is 5.32 Å². The SMILES string of the molecule is CCNC(Cc1cnn(C)c1)c1ccccc1Cl. The van der Waals surface area contributed by atoms with Gasteiger partial charge in [0, 0.05) is 24.3 Å². The summed E-state index contributed by atoms with van der Waals surface area (Å²) in [6.45, 7) is 3.02. The molecule has 0 aliphatic heterocycles. The molecule has 1 aromatic heterocycles. The van der Waals surface area contributed by atoms with Gasteiger partial charge in [0.1, 0.15) is 0 Å². The minimum absolute atomic E-state index is 0.230. The minimum Gasteiger partial charge on any atom is -0.310 e. The summed E-state index contributed by atoms with van der Waals surface area (Å²) in [7, 11) is 1.93. The van der Waals surface area contributed by atoms with Crippen molar-refractivity contribution in [3.63, 3.8) is 0 Å². The van der Waals surface area contributed by atoms with Crippen molar-refractivity contribution in [2.75, 3.05) is 6.54 Å². The van der Waals surface area contributed by atoms with Gasteiger partial charge in [-0.3, -0.25) is 4.68 Å². The molecule has 96 valence electrons. The van der Waals surface area contributed by atoms with Crippen molar-refractivity contribution < 1.29 is 0 Å². The molecule has 0 bridgehead atoms. The van der Waals surface area contributed by atoms with E-state index in [1.54, 1.807) is 0 Å². The number of benzene rings is 1. The van der Waals surface area contributed by atoms with Crippen LogP contribution in [0.2, 0.25) is 5.02 Å². The summed E-state index contributed by atoms with van der Waals surface area (Å²) >= 11 is 6.27. The summed E-state index contributed by atoms with van der Waals surface area (Å²) < 4.78 is 1.82. The molecule has 4 heteroatoms. The van der Waals surface area contributed by atoms with Crippen molar-refractivity contribution in [1.29, 1.82) is 0 Å². The second-order valence-electron chi connectivity index (χ2n) is 4.36. The lowest BCUT2D eigenvalue weighted by Crippen LogP contribution is -2.23. The fourth-order valence-corrected chi connectivity index (χ4v) is 2.38. The van der Waals surface area contributed by atoms with Crippen LogP contribution in [0.4, 0.5) is 0 Å². The molecule has 0 radical (unpaired) electrons. The molecule has 0 amide bonds. The van der Waals surface area contributed by atoms with Crippen molar-refractivity contribution in [1.82, 2.24) is 15.1 Å². The molecule has 2 aromatic rings. The Bertz CT molecular complexity index is 507. The third-order valence-electron chi connectivity index (χ3n) is 2.93. The van der Waals surface area contributed by atoms with Gasteiger partial charge in [0.25, 0.3) is 0 Å². The fraction of sp³-hybridized carbons (Fsp3) is 0.357. The van der Waals surface area contributed by atoms with Gasteiger partial charge in [-0.2, -0.15) is 5.10 Å². The van der Waals surface area contributed by atoms with Crippen LogP contribution in [0.3, 0.4) is 0 Å². The minimum atomic E-state index is 0.230. The third-order valence-corrected chi connectivity index (χ3v) is 3.27. The van der Waals surface area contributed by atoms with Crippen LogP contribution in [-0.4, -0.2) is 16.3 Å². The van der Waals surface area contributed by atoms with Crippen molar-refractivity contribution in [2.45, 2.75) is 19.4 Å². The van der Waals surface area contributed by atoms with Crippen molar-refractivity contribution in [3.8, 4) is 0 Å². The van der Waals surface area contributed by atoms with E-state index in [1.807, 2.05) is 42.3 Å². The highest BCUT2D eigenvalue weighted by atomic mass is 35.5. The zero-order valence-electron chi connectivity index (χ0n) is 10.7. The van der Waals surface area contributed by atoms with E-state index in [4.69, 9.17) is 11.6 Å². The first-order valence-electron chi connectivity index (χ1n) is 6.16. The quantitative estimate of drug-likeness (QED) is 0.899. The third kappa shape index (κ3) is 3.12. The molecule has 1 aromatic carbocycles. The summed E-state index contributed by atoms with van der Waals surface area (Å²) in [5.41, 5.74) is 2.35. The van der Waals surface area contributed by atoms with E-state index in [9.17, 15) is 0 Å². The monoisotopic (exact) mass is 263 g/mol. The number of aryl methyl sites for hydroxylation is 1. The first kappa shape index (κ1) is 13.1. The highest BCUT2D eigenvalue weighted by Crippen LogP contribution is 2.25. The van der Waals surface area contributed by atoms with Crippen LogP contribution in [0.25, 0.3) is 0 Å². The number of halogens is 1.